The van der Waals surface area contributed by atoms with Gasteiger partial charge in [0.05, 0.1) is 17.1 Å². The lowest BCUT2D eigenvalue weighted by Gasteiger charge is -2.11. The van der Waals surface area contributed by atoms with Crippen molar-refractivity contribution in [3.8, 4) is 0 Å². The second kappa shape index (κ2) is 9.15. The number of carbonyl (C=O) groups excluding carboxylic acids is 1. The molecule has 3 rings (SSSR count). The molecular formula is C21H24BrN3O2. The number of amides is 1. The fourth-order valence-electron chi connectivity index (χ4n) is 3.01. The Bertz CT molecular complexity index is 903. The molecule has 3 aromatic rings. The highest BCUT2D eigenvalue weighted by atomic mass is 79.9. The summed E-state index contributed by atoms with van der Waals surface area (Å²) in [6.07, 6.45) is 1.03. The molecule has 0 aliphatic heterocycles. The topological polar surface area (TPSA) is 67.2 Å². The van der Waals surface area contributed by atoms with Crippen LogP contribution in [0.1, 0.15) is 31.2 Å². The van der Waals surface area contributed by atoms with E-state index in [2.05, 4.69) is 44.0 Å². The molecule has 2 N–H and O–H groups in total. The molecule has 0 bridgehead atoms. The van der Waals surface area contributed by atoms with Crippen LogP contribution in [0, 0.1) is 0 Å². The van der Waals surface area contributed by atoms with Crippen molar-refractivity contribution >= 4 is 32.9 Å². The number of para-hydroxylation sites is 2. The third kappa shape index (κ3) is 5.40. The number of hydrogen-bond donors (Lipinski definition) is 2. The van der Waals surface area contributed by atoms with Crippen molar-refractivity contribution in [2.75, 3.05) is 6.54 Å². The summed E-state index contributed by atoms with van der Waals surface area (Å²) >= 11 is 3.47. The van der Waals surface area contributed by atoms with Crippen molar-refractivity contribution in [2.24, 2.45) is 0 Å². The third-order valence-electron chi connectivity index (χ3n) is 4.45. The van der Waals surface area contributed by atoms with Crippen LogP contribution in [0.4, 0.5) is 0 Å². The molecule has 0 spiro atoms. The Hall–Kier alpha value is -2.18. The number of aromatic nitrogens is 2. The van der Waals surface area contributed by atoms with Crippen LogP contribution in [0.2, 0.25) is 0 Å². The van der Waals surface area contributed by atoms with Crippen molar-refractivity contribution in [1.29, 1.82) is 0 Å². The number of nitrogens with zero attached hydrogens (tertiary/aromatic N) is 2. The van der Waals surface area contributed by atoms with Gasteiger partial charge in [-0.05, 0) is 43.2 Å². The first-order chi connectivity index (χ1) is 13.0. The average molecular weight is 430 g/mol. The van der Waals surface area contributed by atoms with Crippen molar-refractivity contribution < 1.29 is 9.90 Å². The zero-order valence-corrected chi connectivity index (χ0v) is 16.9. The fourth-order valence-corrected chi connectivity index (χ4v) is 3.27. The molecule has 27 heavy (non-hydrogen) atoms. The van der Waals surface area contributed by atoms with Gasteiger partial charge in [0.1, 0.15) is 5.82 Å². The van der Waals surface area contributed by atoms with E-state index < -0.39 is 6.10 Å². The molecule has 0 saturated carbocycles. The van der Waals surface area contributed by atoms with Crippen LogP contribution in [-0.4, -0.2) is 33.2 Å². The van der Waals surface area contributed by atoms with Gasteiger partial charge >= 0.3 is 0 Å². The summed E-state index contributed by atoms with van der Waals surface area (Å²) in [6, 6.07) is 16.4. The Labute approximate surface area is 167 Å². The second-order valence-corrected chi connectivity index (χ2v) is 7.63. The van der Waals surface area contributed by atoms with Crippen LogP contribution in [-0.2, 0) is 17.8 Å². The van der Waals surface area contributed by atoms with E-state index in [0.29, 0.717) is 25.8 Å². The third-order valence-corrected chi connectivity index (χ3v) is 4.98. The number of aliphatic hydroxyl groups excluding tert-OH is 1. The molecule has 6 heteroatoms. The highest BCUT2D eigenvalue weighted by Crippen LogP contribution is 2.19. The molecule has 0 unspecified atom stereocenters. The van der Waals surface area contributed by atoms with Gasteiger partial charge in [-0.25, -0.2) is 4.98 Å². The fraction of sp³-hybridized carbons (Fsp3) is 0.333. The summed E-state index contributed by atoms with van der Waals surface area (Å²) in [5, 5.41) is 12.2. The highest BCUT2D eigenvalue weighted by molar-refractivity contribution is 9.10. The lowest BCUT2D eigenvalue weighted by molar-refractivity contribution is -0.121. The normalized spacial score (nSPS) is 12.3. The van der Waals surface area contributed by atoms with Crippen LogP contribution in [0.15, 0.2) is 53.0 Å². The number of nitrogens with one attached hydrogen (secondary N) is 1. The first-order valence-corrected chi connectivity index (χ1v) is 9.95. The Kier molecular flexibility index (Phi) is 6.63. The van der Waals surface area contributed by atoms with E-state index in [0.717, 1.165) is 27.9 Å². The molecule has 0 radical (unpaired) electrons. The summed E-state index contributed by atoms with van der Waals surface area (Å²) in [7, 11) is 0. The first kappa shape index (κ1) is 19.6. The molecule has 0 fully saturated rings. The van der Waals surface area contributed by atoms with Gasteiger partial charge in [0.15, 0.2) is 0 Å². The molecule has 2 aromatic carbocycles. The van der Waals surface area contributed by atoms with Gasteiger partial charge in [-0.3, -0.25) is 4.79 Å². The van der Waals surface area contributed by atoms with Gasteiger partial charge in [0, 0.05) is 30.4 Å². The molecule has 5 nitrogen and oxygen atoms in total. The second-order valence-electron chi connectivity index (χ2n) is 6.72. The maximum atomic E-state index is 11.9. The summed E-state index contributed by atoms with van der Waals surface area (Å²) in [4.78, 5) is 16.6. The molecular weight excluding hydrogens is 406 g/mol. The number of imidazole rings is 1. The summed E-state index contributed by atoms with van der Waals surface area (Å²) in [5.74, 6) is 0.918. The minimum atomic E-state index is -0.453. The molecule has 1 heterocycles. The van der Waals surface area contributed by atoms with E-state index in [1.165, 1.54) is 5.56 Å². The van der Waals surface area contributed by atoms with Crippen molar-refractivity contribution in [1.82, 2.24) is 14.9 Å². The molecule has 0 saturated heterocycles. The first-order valence-electron chi connectivity index (χ1n) is 9.16. The van der Waals surface area contributed by atoms with E-state index >= 15 is 0 Å². The Balaban J connectivity index is 1.72. The van der Waals surface area contributed by atoms with E-state index in [1.54, 1.807) is 6.92 Å². The van der Waals surface area contributed by atoms with Gasteiger partial charge in [-0.1, -0.05) is 40.2 Å². The Morgan fingerprint density at radius 2 is 1.96 bits per heavy atom. The standard InChI is InChI=1S/C21H24BrN3O2/c1-15(26)6-11-21(27)23-13-12-20-24-18-4-2-3-5-19(18)25(20)14-16-7-9-17(22)10-8-16/h2-5,7-10,15,26H,6,11-14H2,1H3,(H,23,27)/t15-/m0/s1. The largest absolute Gasteiger partial charge is 0.393 e. The zero-order valence-electron chi connectivity index (χ0n) is 15.4. The minimum Gasteiger partial charge on any atom is -0.393 e. The lowest BCUT2D eigenvalue weighted by Crippen LogP contribution is -2.27. The number of carbonyl (C=O) groups is 1. The highest BCUT2D eigenvalue weighted by Gasteiger charge is 2.11. The van der Waals surface area contributed by atoms with Crippen LogP contribution < -0.4 is 5.32 Å². The van der Waals surface area contributed by atoms with Crippen LogP contribution in [0.5, 0.6) is 0 Å². The van der Waals surface area contributed by atoms with Crippen molar-refractivity contribution in [2.45, 2.75) is 38.8 Å². The number of hydrogen-bond acceptors (Lipinski definition) is 3. The summed E-state index contributed by atoms with van der Waals surface area (Å²) < 4.78 is 3.27. The predicted octanol–water partition coefficient (Wildman–Crippen LogP) is 3.67. The van der Waals surface area contributed by atoms with E-state index in [9.17, 15) is 9.90 Å². The number of aliphatic hydroxyl groups is 1. The number of halogens is 1. The van der Waals surface area contributed by atoms with Crippen molar-refractivity contribution in [3.05, 3.63) is 64.4 Å². The summed E-state index contributed by atoms with van der Waals surface area (Å²) in [6.45, 7) is 2.96. The SMILES string of the molecule is C[C@H](O)CCC(=O)NCCc1nc2ccccc2n1Cc1ccc(Br)cc1. The molecule has 142 valence electrons. The Morgan fingerprint density at radius 3 is 2.70 bits per heavy atom. The van der Waals surface area contributed by atoms with Gasteiger partial charge < -0.3 is 15.0 Å². The number of rotatable bonds is 8. The summed E-state index contributed by atoms with van der Waals surface area (Å²) in [5.41, 5.74) is 3.25. The van der Waals surface area contributed by atoms with E-state index in [-0.39, 0.29) is 5.91 Å². The van der Waals surface area contributed by atoms with E-state index in [4.69, 9.17) is 4.98 Å². The van der Waals surface area contributed by atoms with Crippen LogP contribution >= 0.6 is 15.9 Å². The number of benzene rings is 2. The monoisotopic (exact) mass is 429 g/mol. The molecule has 0 aliphatic carbocycles. The van der Waals surface area contributed by atoms with Crippen LogP contribution in [0.25, 0.3) is 11.0 Å². The molecule has 1 atom stereocenters. The average Bonchev–Trinajstić information content (AvgIpc) is 2.99. The lowest BCUT2D eigenvalue weighted by atomic mass is 10.2. The maximum Gasteiger partial charge on any atom is 0.220 e. The van der Waals surface area contributed by atoms with Gasteiger partial charge in [0.2, 0.25) is 5.91 Å². The van der Waals surface area contributed by atoms with E-state index in [1.807, 2.05) is 30.3 Å². The molecule has 0 aliphatic rings. The zero-order chi connectivity index (χ0) is 19.2. The van der Waals surface area contributed by atoms with Gasteiger partial charge in [0.25, 0.3) is 0 Å². The predicted molar refractivity (Wildman–Crippen MR) is 111 cm³/mol. The van der Waals surface area contributed by atoms with Crippen molar-refractivity contribution in [3.63, 3.8) is 0 Å². The number of fused-ring (bicyclic) bond motifs is 1. The molecule has 1 aromatic heterocycles. The minimum absolute atomic E-state index is 0.0357. The van der Waals surface area contributed by atoms with Crippen LogP contribution in [0.3, 0.4) is 0 Å². The maximum absolute atomic E-state index is 11.9. The Morgan fingerprint density at radius 1 is 1.22 bits per heavy atom. The van der Waals surface area contributed by atoms with Gasteiger partial charge in [-0.2, -0.15) is 0 Å². The molecule has 1 amide bonds. The quantitative estimate of drug-likeness (QED) is 0.573. The smallest absolute Gasteiger partial charge is 0.220 e. The van der Waals surface area contributed by atoms with Gasteiger partial charge in [-0.15, -0.1) is 0 Å².